The summed E-state index contributed by atoms with van der Waals surface area (Å²) < 4.78 is 0. The smallest absolute Gasteiger partial charge is 0.324 e. The van der Waals surface area contributed by atoms with Crippen molar-refractivity contribution in [2.75, 3.05) is 48.8 Å². The van der Waals surface area contributed by atoms with Crippen LogP contribution in [0.5, 0.6) is 0 Å². The molecule has 126 valence electrons. The van der Waals surface area contributed by atoms with Gasteiger partial charge >= 0.3 is 6.03 Å². The van der Waals surface area contributed by atoms with Crippen LogP contribution in [0, 0.1) is 0 Å². The molecule has 1 saturated heterocycles. The number of nitrogens with zero attached hydrogens (tertiary/aromatic N) is 4. The van der Waals surface area contributed by atoms with E-state index in [9.17, 15) is 4.79 Å². The largest absolute Gasteiger partial charge is 0.354 e. The van der Waals surface area contributed by atoms with Gasteiger partial charge in [0.25, 0.3) is 0 Å². The second-order valence-corrected chi connectivity index (χ2v) is 6.02. The Morgan fingerprint density at radius 2 is 1.88 bits per heavy atom. The van der Waals surface area contributed by atoms with Gasteiger partial charge in [0.2, 0.25) is 0 Å². The lowest BCUT2D eigenvalue weighted by Crippen LogP contribution is -2.44. The zero-order valence-corrected chi connectivity index (χ0v) is 14.1. The molecule has 0 radical (unpaired) electrons. The number of halogens is 1. The fraction of sp³-hybridized carbons (Fsp3) is 0.312. The van der Waals surface area contributed by atoms with E-state index in [0.717, 1.165) is 32.0 Å². The molecule has 8 heteroatoms. The summed E-state index contributed by atoms with van der Waals surface area (Å²) in [6.45, 7) is 3.77. The minimum absolute atomic E-state index is 0.397. The van der Waals surface area contributed by atoms with Crippen molar-refractivity contribution in [2.24, 2.45) is 0 Å². The molecule has 2 N–H and O–H groups in total. The van der Waals surface area contributed by atoms with Gasteiger partial charge in [-0.2, -0.15) is 0 Å². The van der Waals surface area contributed by atoms with E-state index in [-0.39, 0.29) is 0 Å². The normalized spacial score (nSPS) is 15.2. The fourth-order valence-corrected chi connectivity index (χ4v) is 2.64. The number of aromatic nitrogens is 2. The van der Waals surface area contributed by atoms with E-state index in [4.69, 9.17) is 11.6 Å². The van der Waals surface area contributed by atoms with Crippen LogP contribution in [0.25, 0.3) is 0 Å². The minimum atomic E-state index is -0.397. The van der Waals surface area contributed by atoms with Crippen LogP contribution in [0.3, 0.4) is 0 Å². The summed E-state index contributed by atoms with van der Waals surface area (Å²) in [6.07, 6.45) is 1.46. The summed E-state index contributed by atoms with van der Waals surface area (Å²) in [6, 6.07) is 8.43. The van der Waals surface area contributed by atoms with Crippen LogP contribution < -0.4 is 15.5 Å². The molecule has 2 heterocycles. The number of piperazine rings is 1. The molecular weight excluding hydrogens is 328 g/mol. The second kappa shape index (κ2) is 7.46. The number of anilines is 3. The highest BCUT2D eigenvalue weighted by Crippen LogP contribution is 2.21. The van der Waals surface area contributed by atoms with Gasteiger partial charge in [-0.05, 0) is 19.2 Å². The van der Waals surface area contributed by atoms with E-state index in [1.54, 1.807) is 30.3 Å². The van der Waals surface area contributed by atoms with Crippen molar-refractivity contribution in [1.29, 1.82) is 0 Å². The second-order valence-electron chi connectivity index (χ2n) is 5.61. The molecule has 1 aromatic carbocycles. The van der Waals surface area contributed by atoms with E-state index in [2.05, 4.69) is 37.4 Å². The van der Waals surface area contributed by atoms with Crippen LogP contribution in [-0.2, 0) is 0 Å². The van der Waals surface area contributed by atoms with Crippen molar-refractivity contribution in [2.45, 2.75) is 0 Å². The van der Waals surface area contributed by atoms with Gasteiger partial charge in [0.05, 0.1) is 10.7 Å². The quantitative estimate of drug-likeness (QED) is 0.893. The number of hydrogen-bond donors (Lipinski definition) is 2. The Bertz CT molecular complexity index is 717. The molecular formula is C16H19ClN6O. The van der Waals surface area contributed by atoms with E-state index in [0.29, 0.717) is 16.5 Å². The molecule has 0 spiro atoms. The van der Waals surface area contributed by atoms with Gasteiger partial charge in [0.1, 0.15) is 18.0 Å². The number of para-hydroxylation sites is 1. The van der Waals surface area contributed by atoms with Gasteiger partial charge in [0, 0.05) is 32.2 Å². The van der Waals surface area contributed by atoms with Crippen molar-refractivity contribution < 1.29 is 4.79 Å². The highest BCUT2D eigenvalue weighted by molar-refractivity contribution is 6.33. The van der Waals surface area contributed by atoms with Crippen LogP contribution in [0.2, 0.25) is 5.02 Å². The van der Waals surface area contributed by atoms with Crippen LogP contribution in [-0.4, -0.2) is 54.1 Å². The number of benzene rings is 1. The van der Waals surface area contributed by atoms with E-state index < -0.39 is 6.03 Å². The fourth-order valence-electron chi connectivity index (χ4n) is 2.46. The van der Waals surface area contributed by atoms with Crippen molar-refractivity contribution >= 4 is 35.0 Å². The maximum absolute atomic E-state index is 12.1. The zero-order chi connectivity index (χ0) is 16.9. The first kappa shape index (κ1) is 16.5. The summed E-state index contributed by atoms with van der Waals surface area (Å²) in [5, 5.41) is 5.89. The zero-order valence-electron chi connectivity index (χ0n) is 13.4. The Morgan fingerprint density at radius 3 is 2.62 bits per heavy atom. The lowest BCUT2D eigenvalue weighted by Gasteiger charge is -2.33. The van der Waals surface area contributed by atoms with Gasteiger partial charge in [-0.1, -0.05) is 23.7 Å². The Labute approximate surface area is 145 Å². The van der Waals surface area contributed by atoms with Gasteiger partial charge in [-0.3, -0.25) is 5.32 Å². The summed E-state index contributed by atoms with van der Waals surface area (Å²) in [7, 11) is 2.10. The Morgan fingerprint density at radius 1 is 1.12 bits per heavy atom. The van der Waals surface area contributed by atoms with Crippen molar-refractivity contribution in [3.8, 4) is 0 Å². The van der Waals surface area contributed by atoms with Crippen LogP contribution >= 0.6 is 11.6 Å². The van der Waals surface area contributed by atoms with Crippen molar-refractivity contribution in [3.63, 3.8) is 0 Å². The first-order valence-electron chi connectivity index (χ1n) is 7.70. The van der Waals surface area contributed by atoms with Crippen LogP contribution in [0.4, 0.5) is 22.1 Å². The van der Waals surface area contributed by atoms with E-state index >= 15 is 0 Å². The molecule has 2 aromatic rings. The standard InChI is InChI=1S/C16H19ClN6O/c1-22-6-8-23(9-7-22)15-10-14(18-11-19-15)21-16(24)20-13-5-3-2-4-12(13)17/h2-5,10-11H,6-9H2,1H3,(H2,18,19,20,21,24). The molecule has 2 amide bonds. The number of amides is 2. The Hall–Kier alpha value is -2.38. The van der Waals surface area contributed by atoms with E-state index in [1.807, 2.05) is 0 Å². The number of likely N-dealkylation sites (N-methyl/N-ethyl adjacent to an activating group) is 1. The highest BCUT2D eigenvalue weighted by Gasteiger charge is 2.16. The summed E-state index contributed by atoms with van der Waals surface area (Å²) >= 11 is 6.03. The lowest BCUT2D eigenvalue weighted by molar-refractivity contribution is 0.262. The third-order valence-electron chi connectivity index (χ3n) is 3.84. The maximum atomic E-state index is 12.1. The van der Waals surface area contributed by atoms with Gasteiger partial charge in [-0.15, -0.1) is 0 Å². The third-order valence-corrected chi connectivity index (χ3v) is 4.17. The molecule has 1 aromatic heterocycles. The third kappa shape index (κ3) is 4.12. The highest BCUT2D eigenvalue weighted by atomic mass is 35.5. The lowest BCUT2D eigenvalue weighted by atomic mass is 10.3. The topological polar surface area (TPSA) is 73.4 Å². The molecule has 3 rings (SSSR count). The molecule has 0 bridgehead atoms. The number of rotatable bonds is 3. The van der Waals surface area contributed by atoms with Crippen molar-refractivity contribution in [1.82, 2.24) is 14.9 Å². The van der Waals surface area contributed by atoms with Crippen LogP contribution in [0.1, 0.15) is 0 Å². The SMILES string of the molecule is CN1CCN(c2cc(NC(=O)Nc3ccccc3Cl)ncn2)CC1. The predicted octanol–water partition coefficient (Wildman–Crippen LogP) is 2.53. The number of nitrogens with one attached hydrogen (secondary N) is 2. The Balaban J connectivity index is 1.64. The molecule has 0 atom stereocenters. The predicted molar refractivity (Wildman–Crippen MR) is 95.8 cm³/mol. The molecule has 7 nitrogen and oxygen atoms in total. The summed E-state index contributed by atoms with van der Waals surface area (Å²) in [5.74, 6) is 1.26. The number of carbonyl (C=O) groups is 1. The van der Waals surface area contributed by atoms with Gasteiger partial charge < -0.3 is 15.1 Å². The molecule has 1 fully saturated rings. The summed E-state index contributed by atoms with van der Waals surface area (Å²) in [5.41, 5.74) is 0.546. The molecule has 0 saturated carbocycles. The Kier molecular flexibility index (Phi) is 5.12. The minimum Gasteiger partial charge on any atom is -0.354 e. The molecule has 24 heavy (non-hydrogen) atoms. The maximum Gasteiger partial charge on any atom is 0.324 e. The first-order chi connectivity index (χ1) is 11.6. The molecule has 1 aliphatic heterocycles. The van der Waals surface area contributed by atoms with E-state index in [1.165, 1.54) is 6.33 Å². The number of hydrogen-bond acceptors (Lipinski definition) is 5. The van der Waals surface area contributed by atoms with Gasteiger partial charge in [-0.25, -0.2) is 14.8 Å². The number of carbonyl (C=O) groups excluding carboxylic acids is 1. The molecule has 1 aliphatic rings. The average molecular weight is 347 g/mol. The molecule has 0 aliphatic carbocycles. The van der Waals surface area contributed by atoms with Crippen LogP contribution in [0.15, 0.2) is 36.7 Å². The van der Waals surface area contributed by atoms with Crippen molar-refractivity contribution in [3.05, 3.63) is 41.7 Å². The summed E-state index contributed by atoms with van der Waals surface area (Å²) in [4.78, 5) is 25.0. The average Bonchev–Trinajstić information content (AvgIpc) is 2.58. The molecule has 0 unspecified atom stereocenters. The first-order valence-corrected chi connectivity index (χ1v) is 8.08. The monoisotopic (exact) mass is 346 g/mol. The van der Waals surface area contributed by atoms with Gasteiger partial charge in [0.15, 0.2) is 0 Å². The number of urea groups is 1.